The van der Waals surface area contributed by atoms with E-state index in [4.69, 9.17) is 9.73 Å². The van der Waals surface area contributed by atoms with Gasteiger partial charge >= 0.3 is 0 Å². The van der Waals surface area contributed by atoms with Gasteiger partial charge in [-0.05, 0) is 54.3 Å². The number of benzene rings is 4. The Hall–Kier alpha value is -5.52. The van der Waals surface area contributed by atoms with Crippen LogP contribution in [0, 0.1) is 11.3 Å². The number of anilines is 1. The Balaban J connectivity index is 1.43. The fraction of sp³-hybridized carbons (Fsp3) is 0.158. The van der Waals surface area contributed by atoms with E-state index in [1.165, 1.54) is 16.9 Å². The van der Waals surface area contributed by atoms with Gasteiger partial charge in [0.2, 0.25) is 0 Å². The third-order valence-electron chi connectivity index (χ3n) is 7.94. The number of aromatic nitrogens is 1. The zero-order valence-electron chi connectivity index (χ0n) is 25.7. The predicted molar refractivity (Wildman–Crippen MR) is 181 cm³/mol. The minimum absolute atomic E-state index is 0.210. The van der Waals surface area contributed by atoms with Crippen LogP contribution in [0.3, 0.4) is 0 Å². The summed E-state index contributed by atoms with van der Waals surface area (Å²) in [6.45, 7) is 6.28. The molecular weight excluding hydrogens is 593 g/mol. The highest BCUT2D eigenvalue weighted by Gasteiger charge is 2.32. The number of allylic oxidation sites excluding steroid dienone is 1. The number of rotatable bonds is 8. The molecule has 0 radical (unpaired) electrons. The molecule has 0 bridgehead atoms. The molecule has 1 amide bonds. The first-order valence-electron chi connectivity index (χ1n) is 15.0. The molecule has 228 valence electrons. The van der Waals surface area contributed by atoms with E-state index in [0.29, 0.717) is 43.5 Å². The first kappa shape index (κ1) is 30.5. The number of nitriles is 1. The summed E-state index contributed by atoms with van der Waals surface area (Å²) in [5, 5.41) is 12.5. The van der Waals surface area contributed by atoms with Crippen molar-refractivity contribution in [2.24, 2.45) is 4.99 Å². The number of nitrogens with one attached hydrogen (secondary N) is 1. The third-order valence-corrected chi connectivity index (χ3v) is 8.93. The summed E-state index contributed by atoms with van der Waals surface area (Å²) in [4.78, 5) is 33.4. The van der Waals surface area contributed by atoms with Crippen LogP contribution in [0.5, 0.6) is 5.75 Å². The van der Waals surface area contributed by atoms with Crippen molar-refractivity contribution in [3.05, 3.63) is 162 Å². The van der Waals surface area contributed by atoms with E-state index < -0.39 is 6.04 Å². The van der Waals surface area contributed by atoms with E-state index in [0.717, 1.165) is 16.7 Å². The van der Waals surface area contributed by atoms with Gasteiger partial charge in [-0.15, -0.1) is 0 Å². The topological polar surface area (TPSA) is 96.5 Å². The predicted octanol–water partition coefficient (Wildman–Crippen LogP) is 6.45. The lowest BCUT2D eigenvalue weighted by Gasteiger charge is -2.25. The molecule has 1 N–H and O–H groups in total. The number of para-hydroxylation sites is 2. The third kappa shape index (κ3) is 6.19. The Morgan fingerprint density at radius 2 is 1.70 bits per heavy atom. The molecule has 1 aliphatic rings. The highest BCUT2D eigenvalue weighted by Crippen LogP contribution is 2.32. The molecule has 1 aromatic heterocycles. The van der Waals surface area contributed by atoms with E-state index in [1.54, 1.807) is 16.7 Å². The highest BCUT2D eigenvalue weighted by molar-refractivity contribution is 7.07. The molecular formula is C38H32N4O3S. The van der Waals surface area contributed by atoms with Crippen molar-refractivity contribution >= 4 is 29.0 Å². The van der Waals surface area contributed by atoms with Gasteiger partial charge in [-0.1, -0.05) is 104 Å². The Kier molecular flexibility index (Phi) is 8.77. The molecule has 7 nitrogen and oxygen atoms in total. The maximum absolute atomic E-state index is 14.2. The molecule has 0 saturated heterocycles. The van der Waals surface area contributed by atoms with E-state index in [2.05, 4.69) is 37.4 Å². The van der Waals surface area contributed by atoms with Crippen molar-refractivity contribution in [2.75, 3.05) is 5.32 Å². The average molecular weight is 625 g/mol. The number of carbonyl (C=O) groups is 1. The number of hydrogen-bond acceptors (Lipinski definition) is 6. The van der Waals surface area contributed by atoms with Gasteiger partial charge in [0.25, 0.3) is 11.5 Å². The maximum Gasteiger partial charge on any atom is 0.271 e. The van der Waals surface area contributed by atoms with E-state index in [-0.39, 0.29) is 18.1 Å². The van der Waals surface area contributed by atoms with Crippen LogP contribution in [-0.4, -0.2) is 10.5 Å². The first-order chi connectivity index (χ1) is 22.3. The summed E-state index contributed by atoms with van der Waals surface area (Å²) in [6, 6.07) is 33.7. The molecule has 6 rings (SSSR count). The zero-order chi connectivity index (χ0) is 32.2. The number of thiazole rings is 1. The number of ether oxygens (including phenoxy) is 1. The van der Waals surface area contributed by atoms with E-state index >= 15 is 0 Å². The van der Waals surface area contributed by atoms with Gasteiger partial charge in [0.15, 0.2) is 4.80 Å². The second-order valence-electron chi connectivity index (χ2n) is 11.3. The smallest absolute Gasteiger partial charge is 0.271 e. The van der Waals surface area contributed by atoms with Crippen molar-refractivity contribution in [3.63, 3.8) is 0 Å². The summed E-state index contributed by atoms with van der Waals surface area (Å²) < 4.78 is 8.24. The van der Waals surface area contributed by atoms with Crippen molar-refractivity contribution < 1.29 is 9.53 Å². The average Bonchev–Trinajstić information content (AvgIpc) is 3.37. The fourth-order valence-electron chi connectivity index (χ4n) is 5.49. The van der Waals surface area contributed by atoms with Crippen LogP contribution < -0.4 is 24.9 Å². The Bertz CT molecular complexity index is 2170. The number of amides is 1. The second kappa shape index (κ2) is 13.2. The van der Waals surface area contributed by atoms with Gasteiger partial charge in [-0.3, -0.25) is 14.2 Å². The van der Waals surface area contributed by atoms with Crippen molar-refractivity contribution in [2.45, 2.75) is 39.3 Å². The summed E-state index contributed by atoms with van der Waals surface area (Å²) in [5.74, 6) is 0.613. The molecule has 4 aromatic carbocycles. The largest absolute Gasteiger partial charge is 0.488 e. The lowest BCUT2D eigenvalue weighted by molar-refractivity contribution is -0.113. The standard InChI is InChI=1S/C38H32N4O3S/c1-24(2)26-17-19-27(20-18-26)35-34(36(43)41-31-14-5-4-6-15-31)25(3)40-38-42(35)37(44)33(46-38)21-28-11-9-10-16-32(28)45-23-30-13-8-7-12-29(30)22-39/h4-21,24,35H,23H2,1-3H3,(H,41,43)/b33-21-/t35-/m0/s1. The second-order valence-corrected chi connectivity index (χ2v) is 12.3. The molecule has 2 heterocycles. The monoisotopic (exact) mass is 624 g/mol. The number of fused-ring (bicyclic) bond motifs is 1. The van der Waals surface area contributed by atoms with Crippen LogP contribution in [0.2, 0.25) is 0 Å². The van der Waals surface area contributed by atoms with Gasteiger partial charge in [0.1, 0.15) is 12.4 Å². The molecule has 0 fully saturated rings. The summed E-state index contributed by atoms with van der Waals surface area (Å²) in [5.41, 5.74) is 5.43. The molecule has 0 spiro atoms. The summed E-state index contributed by atoms with van der Waals surface area (Å²) in [7, 11) is 0. The summed E-state index contributed by atoms with van der Waals surface area (Å²) >= 11 is 1.28. The summed E-state index contributed by atoms with van der Waals surface area (Å²) in [6.07, 6.45) is 1.80. The van der Waals surface area contributed by atoms with E-state index in [1.807, 2.05) is 91.9 Å². The molecule has 0 saturated carbocycles. The first-order valence-corrected chi connectivity index (χ1v) is 15.8. The van der Waals surface area contributed by atoms with Crippen LogP contribution in [0.15, 0.2) is 124 Å². The SMILES string of the molecule is CC1=C(C(=O)Nc2ccccc2)[C@H](c2ccc(C(C)C)cc2)n2c(s/c(=C\c3ccccc3OCc3ccccc3C#N)c2=O)=N1. The molecule has 1 aliphatic heterocycles. The molecule has 0 unspecified atom stereocenters. The molecule has 46 heavy (non-hydrogen) atoms. The lowest BCUT2D eigenvalue weighted by atomic mass is 9.93. The zero-order valence-corrected chi connectivity index (χ0v) is 26.5. The molecule has 0 aliphatic carbocycles. The Morgan fingerprint density at radius 3 is 2.43 bits per heavy atom. The van der Waals surface area contributed by atoms with Gasteiger partial charge in [-0.25, -0.2) is 4.99 Å². The maximum atomic E-state index is 14.2. The van der Waals surface area contributed by atoms with Crippen LogP contribution in [-0.2, 0) is 11.4 Å². The number of nitrogens with zero attached hydrogens (tertiary/aromatic N) is 3. The quantitative estimate of drug-likeness (QED) is 0.215. The minimum atomic E-state index is -0.669. The van der Waals surface area contributed by atoms with E-state index in [9.17, 15) is 14.9 Å². The fourth-order valence-corrected chi connectivity index (χ4v) is 6.53. The molecule has 1 atom stereocenters. The van der Waals surface area contributed by atoms with Crippen molar-refractivity contribution in [1.29, 1.82) is 5.26 Å². The molecule has 5 aromatic rings. The lowest BCUT2D eigenvalue weighted by Crippen LogP contribution is -2.40. The van der Waals surface area contributed by atoms with Crippen LogP contribution in [0.1, 0.15) is 60.5 Å². The normalized spacial score (nSPS) is 14.4. The number of carbonyl (C=O) groups excluding carboxylic acids is 1. The van der Waals surface area contributed by atoms with Gasteiger partial charge in [0.05, 0.1) is 33.5 Å². The van der Waals surface area contributed by atoms with Gasteiger partial charge in [0, 0.05) is 16.8 Å². The molecule has 8 heteroatoms. The van der Waals surface area contributed by atoms with Crippen LogP contribution >= 0.6 is 11.3 Å². The Morgan fingerprint density at radius 1 is 1.00 bits per heavy atom. The minimum Gasteiger partial charge on any atom is -0.488 e. The van der Waals surface area contributed by atoms with Crippen LogP contribution in [0.25, 0.3) is 6.08 Å². The van der Waals surface area contributed by atoms with Gasteiger partial charge < -0.3 is 10.1 Å². The Labute approximate surface area is 271 Å². The van der Waals surface area contributed by atoms with Gasteiger partial charge in [-0.2, -0.15) is 5.26 Å². The van der Waals surface area contributed by atoms with Crippen LogP contribution in [0.4, 0.5) is 5.69 Å². The van der Waals surface area contributed by atoms with Crippen molar-refractivity contribution in [3.8, 4) is 11.8 Å². The number of hydrogen-bond donors (Lipinski definition) is 1. The highest BCUT2D eigenvalue weighted by atomic mass is 32.1. The van der Waals surface area contributed by atoms with Crippen molar-refractivity contribution in [1.82, 2.24) is 4.57 Å².